The number of ether oxygens (including phenoxy) is 2. The first kappa shape index (κ1) is 15.6. The first-order valence-corrected chi connectivity index (χ1v) is 7.14. The Labute approximate surface area is 129 Å². The van der Waals surface area contributed by atoms with E-state index in [2.05, 4.69) is 4.98 Å². The summed E-state index contributed by atoms with van der Waals surface area (Å²) in [5.74, 6) is -0.347. The lowest BCUT2D eigenvalue weighted by Crippen LogP contribution is -2.05. The number of benzene rings is 1. The van der Waals surface area contributed by atoms with Crippen LogP contribution in [0.1, 0.15) is 34.6 Å². The van der Waals surface area contributed by atoms with E-state index in [4.69, 9.17) is 21.1 Å². The van der Waals surface area contributed by atoms with E-state index in [0.29, 0.717) is 23.7 Å². The van der Waals surface area contributed by atoms with E-state index >= 15 is 0 Å². The number of hydrogen-bond donors (Lipinski definition) is 1. The fourth-order valence-corrected chi connectivity index (χ4v) is 2.34. The second kappa shape index (κ2) is 7.29. The van der Waals surface area contributed by atoms with Gasteiger partial charge in [-0.05, 0) is 36.2 Å². The summed E-state index contributed by atoms with van der Waals surface area (Å²) in [4.78, 5) is 14.6. The molecular formula is C16H18ClNO3. The van der Waals surface area contributed by atoms with Gasteiger partial charge in [0.05, 0.1) is 12.7 Å². The molecule has 4 nitrogen and oxygen atoms in total. The molecule has 0 bridgehead atoms. The number of carbonyl (C=O) groups excluding carboxylic acids is 1. The van der Waals surface area contributed by atoms with E-state index in [1.807, 2.05) is 24.3 Å². The molecule has 112 valence electrons. The first-order chi connectivity index (χ1) is 10.1. The van der Waals surface area contributed by atoms with Crippen molar-refractivity contribution < 1.29 is 14.3 Å². The SMILES string of the molecule is CCOC(=O)c1cc(CC(OC)c2cccc(Cl)c2)c[nH]1. The molecule has 5 heteroatoms. The van der Waals surface area contributed by atoms with E-state index in [1.165, 1.54) is 0 Å². The Morgan fingerprint density at radius 1 is 1.38 bits per heavy atom. The van der Waals surface area contributed by atoms with E-state index in [0.717, 1.165) is 11.1 Å². The lowest BCUT2D eigenvalue weighted by molar-refractivity contribution is 0.0520. The zero-order valence-electron chi connectivity index (χ0n) is 12.1. The molecule has 0 amide bonds. The molecule has 1 aromatic carbocycles. The summed E-state index contributed by atoms with van der Waals surface area (Å²) < 4.78 is 10.5. The van der Waals surface area contributed by atoms with Crippen molar-refractivity contribution in [2.24, 2.45) is 0 Å². The Morgan fingerprint density at radius 2 is 2.19 bits per heavy atom. The van der Waals surface area contributed by atoms with Crippen LogP contribution < -0.4 is 0 Å². The van der Waals surface area contributed by atoms with E-state index in [9.17, 15) is 4.79 Å². The summed E-state index contributed by atoms with van der Waals surface area (Å²) >= 11 is 6.01. The number of carbonyl (C=O) groups is 1. The molecule has 0 spiro atoms. The zero-order valence-corrected chi connectivity index (χ0v) is 12.8. The van der Waals surface area contributed by atoms with Crippen LogP contribution in [0.3, 0.4) is 0 Å². The highest BCUT2D eigenvalue weighted by Gasteiger charge is 2.15. The number of aromatic nitrogens is 1. The molecule has 0 radical (unpaired) electrons. The summed E-state index contributed by atoms with van der Waals surface area (Å²) in [7, 11) is 1.66. The van der Waals surface area contributed by atoms with Gasteiger partial charge in [-0.25, -0.2) is 4.79 Å². The van der Waals surface area contributed by atoms with Gasteiger partial charge in [0.25, 0.3) is 0 Å². The molecular weight excluding hydrogens is 290 g/mol. The largest absolute Gasteiger partial charge is 0.461 e. The van der Waals surface area contributed by atoms with Gasteiger partial charge in [-0.2, -0.15) is 0 Å². The number of nitrogens with one attached hydrogen (secondary N) is 1. The van der Waals surface area contributed by atoms with Crippen molar-refractivity contribution in [3.63, 3.8) is 0 Å². The van der Waals surface area contributed by atoms with Crippen molar-refractivity contribution in [2.75, 3.05) is 13.7 Å². The topological polar surface area (TPSA) is 51.3 Å². The minimum absolute atomic E-state index is 0.116. The second-order valence-corrected chi connectivity index (χ2v) is 5.06. The van der Waals surface area contributed by atoms with Gasteiger partial charge in [0.15, 0.2) is 0 Å². The van der Waals surface area contributed by atoms with E-state index < -0.39 is 0 Å². The number of esters is 1. The van der Waals surface area contributed by atoms with Gasteiger partial charge in [-0.15, -0.1) is 0 Å². The normalized spacial score (nSPS) is 12.1. The van der Waals surface area contributed by atoms with E-state index in [-0.39, 0.29) is 12.1 Å². The maximum atomic E-state index is 11.6. The quantitative estimate of drug-likeness (QED) is 0.826. The summed E-state index contributed by atoms with van der Waals surface area (Å²) in [5.41, 5.74) is 2.43. The molecule has 1 aromatic heterocycles. The Bertz CT molecular complexity index is 609. The molecule has 0 aliphatic carbocycles. The Hall–Kier alpha value is -1.78. The predicted octanol–water partition coefficient (Wildman–Crippen LogP) is 3.78. The second-order valence-electron chi connectivity index (χ2n) is 4.63. The van der Waals surface area contributed by atoms with Gasteiger partial charge >= 0.3 is 5.97 Å². The highest BCUT2D eigenvalue weighted by molar-refractivity contribution is 6.30. The molecule has 0 fully saturated rings. The third-order valence-corrected chi connectivity index (χ3v) is 3.40. The zero-order chi connectivity index (χ0) is 15.2. The minimum Gasteiger partial charge on any atom is -0.461 e. The molecule has 2 rings (SSSR count). The van der Waals surface area contributed by atoms with Crippen LogP contribution in [-0.4, -0.2) is 24.7 Å². The average Bonchev–Trinajstić information content (AvgIpc) is 2.93. The summed E-state index contributed by atoms with van der Waals surface area (Å²) in [5, 5.41) is 0.677. The summed E-state index contributed by atoms with van der Waals surface area (Å²) in [6, 6.07) is 9.36. The van der Waals surface area contributed by atoms with Gasteiger partial charge in [0, 0.05) is 24.8 Å². The lowest BCUT2D eigenvalue weighted by Gasteiger charge is -2.15. The van der Waals surface area contributed by atoms with Crippen LogP contribution in [-0.2, 0) is 15.9 Å². The highest BCUT2D eigenvalue weighted by atomic mass is 35.5. The van der Waals surface area contributed by atoms with Crippen molar-refractivity contribution in [3.05, 3.63) is 58.4 Å². The van der Waals surface area contributed by atoms with Crippen LogP contribution in [0.15, 0.2) is 36.5 Å². The van der Waals surface area contributed by atoms with Crippen LogP contribution in [0.4, 0.5) is 0 Å². The molecule has 1 unspecified atom stereocenters. The Balaban J connectivity index is 2.10. The molecule has 2 aromatic rings. The maximum absolute atomic E-state index is 11.6. The number of rotatable bonds is 6. The van der Waals surface area contributed by atoms with Gasteiger partial charge in [-0.1, -0.05) is 23.7 Å². The minimum atomic E-state index is -0.347. The number of halogens is 1. The van der Waals surface area contributed by atoms with Crippen LogP contribution >= 0.6 is 11.6 Å². The molecule has 0 aliphatic heterocycles. The van der Waals surface area contributed by atoms with Crippen molar-refractivity contribution in [1.29, 1.82) is 0 Å². The molecule has 0 saturated carbocycles. The van der Waals surface area contributed by atoms with Crippen LogP contribution in [0.2, 0.25) is 5.02 Å². The van der Waals surface area contributed by atoms with Crippen LogP contribution in [0.5, 0.6) is 0 Å². The first-order valence-electron chi connectivity index (χ1n) is 6.76. The van der Waals surface area contributed by atoms with Crippen LogP contribution in [0.25, 0.3) is 0 Å². The summed E-state index contributed by atoms with van der Waals surface area (Å²) in [6.45, 7) is 2.14. The molecule has 0 saturated heterocycles. The van der Waals surface area contributed by atoms with Crippen molar-refractivity contribution in [1.82, 2.24) is 4.98 Å². The maximum Gasteiger partial charge on any atom is 0.354 e. The van der Waals surface area contributed by atoms with Gasteiger partial charge in [-0.3, -0.25) is 0 Å². The van der Waals surface area contributed by atoms with Crippen molar-refractivity contribution >= 4 is 17.6 Å². The fourth-order valence-electron chi connectivity index (χ4n) is 2.14. The molecule has 1 N–H and O–H groups in total. The summed E-state index contributed by atoms with van der Waals surface area (Å²) in [6.07, 6.45) is 2.32. The predicted molar refractivity (Wildman–Crippen MR) is 81.7 cm³/mol. The molecule has 1 atom stereocenters. The van der Waals surface area contributed by atoms with Crippen molar-refractivity contribution in [3.8, 4) is 0 Å². The van der Waals surface area contributed by atoms with Crippen molar-refractivity contribution in [2.45, 2.75) is 19.4 Å². The average molecular weight is 308 g/mol. The number of methoxy groups -OCH3 is 1. The Kier molecular flexibility index (Phi) is 5.42. The number of hydrogen-bond acceptors (Lipinski definition) is 3. The van der Waals surface area contributed by atoms with Crippen LogP contribution in [0, 0.1) is 0 Å². The monoisotopic (exact) mass is 307 g/mol. The third-order valence-electron chi connectivity index (χ3n) is 3.16. The number of aromatic amines is 1. The molecule has 1 heterocycles. The Morgan fingerprint density at radius 3 is 2.86 bits per heavy atom. The van der Waals surface area contributed by atoms with Gasteiger partial charge in [0.2, 0.25) is 0 Å². The highest BCUT2D eigenvalue weighted by Crippen LogP contribution is 2.24. The van der Waals surface area contributed by atoms with Gasteiger partial charge in [0.1, 0.15) is 5.69 Å². The lowest BCUT2D eigenvalue weighted by atomic mass is 10.0. The standard InChI is InChI=1S/C16H18ClNO3/c1-3-21-16(19)14-7-11(10-18-14)8-15(20-2)12-5-4-6-13(17)9-12/h4-7,9-10,15,18H,3,8H2,1-2H3. The van der Waals surface area contributed by atoms with Gasteiger partial charge < -0.3 is 14.5 Å². The number of H-pyrrole nitrogens is 1. The molecule has 21 heavy (non-hydrogen) atoms. The van der Waals surface area contributed by atoms with E-state index in [1.54, 1.807) is 26.3 Å². The smallest absolute Gasteiger partial charge is 0.354 e. The fraction of sp³-hybridized carbons (Fsp3) is 0.312. The molecule has 0 aliphatic rings. The third kappa shape index (κ3) is 4.09.